The number of rotatable bonds is 5. The molecule has 36 heavy (non-hydrogen) atoms. The molecule has 9 nitrogen and oxygen atoms in total. The zero-order chi connectivity index (χ0) is 25.6. The molecule has 180 valence electrons. The van der Waals surface area contributed by atoms with E-state index in [-0.39, 0.29) is 11.2 Å². The summed E-state index contributed by atoms with van der Waals surface area (Å²) in [5, 5.41) is 15.5. The summed E-state index contributed by atoms with van der Waals surface area (Å²) < 4.78 is 1.75. The van der Waals surface area contributed by atoms with Crippen LogP contribution < -0.4 is 10.9 Å². The monoisotopic (exact) mass is 520 g/mol. The molecule has 0 amide bonds. The molecule has 3 aromatic carbocycles. The largest absolute Gasteiger partial charge is 0.323 e. The van der Waals surface area contributed by atoms with Gasteiger partial charge in [0, 0.05) is 19.2 Å². The highest BCUT2D eigenvalue weighted by Gasteiger charge is 2.17. The summed E-state index contributed by atoms with van der Waals surface area (Å²) in [6, 6.07) is 14.9. The average molecular weight is 521 g/mol. The van der Waals surface area contributed by atoms with Gasteiger partial charge in [-0.25, -0.2) is 9.97 Å². The molecular weight excluding hydrogens is 503 g/mol. The van der Waals surface area contributed by atoms with E-state index in [0.717, 1.165) is 0 Å². The lowest BCUT2D eigenvalue weighted by Crippen LogP contribution is -2.12. The number of aromatic amines is 1. The Hall–Kier alpha value is -4.21. The molecule has 0 aliphatic heterocycles. The lowest BCUT2D eigenvalue weighted by atomic mass is 10.1. The molecule has 0 fully saturated rings. The van der Waals surface area contributed by atoms with Crippen molar-refractivity contribution in [3.63, 3.8) is 0 Å². The van der Waals surface area contributed by atoms with Gasteiger partial charge in [0.05, 0.1) is 42.6 Å². The maximum absolute atomic E-state index is 13.2. The van der Waals surface area contributed by atoms with E-state index in [0.29, 0.717) is 60.6 Å². The summed E-state index contributed by atoms with van der Waals surface area (Å²) >= 11 is 12.6. The summed E-state index contributed by atoms with van der Waals surface area (Å²) in [4.78, 5) is 35.9. The summed E-state index contributed by atoms with van der Waals surface area (Å²) in [5.74, 6) is 0.819. The van der Waals surface area contributed by atoms with Gasteiger partial charge in [0.25, 0.3) is 11.2 Å². The van der Waals surface area contributed by atoms with Crippen molar-refractivity contribution < 1.29 is 4.92 Å². The Morgan fingerprint density at radius 3 is 2.50 bits per heavy atom. The van der Waals surface area contributed by atoms with Crippen LogP contribution in [0.4, 0.5) is 17.3 Å². The Labute approximate surface area is 214 Å². The Morgan fingerprint density at radius 1 is 1.08 bits per heavy atom. The molecule has 0 saturated heterocycles. The molecular formula is C25H18Cl2N6O3. The topological polar surface area (TPSA) is 119 Å². The van der Waals surface area contributed by atoms with Gasteiger partial charge in [-0.3, -0.25) is 14.9 Å². The minimum absolute atomic E-state index is 0.0161. The Kier molecular flexibility index (Phi) is 5.95. The number of fused-ring (bicyclic) bond motifs is 3. The molecule has 5 rings (SSSR count). The fourth-order valence-corrected chi connectivity index (χ4v) is 4.50. The van der Waals surface area contributed by atoms with Crippen LogP contribution in [0.25, 0.3) is 33.6 Å². The van der Waals surface area contributed by atoms with E-state index < -0.39 is 4.92 Å². The first-order chi connectivity index (χ1) is 17.2. The van der Waals surface area contributed by atoms with Gasteiger partial charge in [-0.05, 0) is 48.4 Å². The molecule has 0 unspecified atom stereocenters. The molecule has 5 aromatic rings. The molecule has 0 radical (unpaired) electrons. The van der Waals surface area contributed by atoms with Crippen LogP contribution >= 0.6 is 23.2 Å². The lowest BCUT2D eigenvalue weighted by Gasteiger charge is -2.10. The second kappa shape index (κ2) is 9.10. The van der Waals surface area contributed by atoms with Crippen LogP contribution in [0.2, 0.25) is 10.0 Å². The van der Waals surface area contributed by atoms with Gasteiger partial charge >= 0.3 is 0 Å². The van der Waals surface area contributed by atoms with Crippen molar-refractivity contribution in [2.45, 2.75) is 6.92 Å². The number of H-pyrrole nitrogens is 1. The molecule has 0 aliphatic carbocycles. The lowest BCUT2D eigenvalue weighted by molar-refractivity contribution is -0.384. The molecule has 0 bridgehead atoms. The molecule has 0 aliphatic rings. The minimum atomic E-state index is -0.454. The van der Waals surface area contributed by atoms with Crippen molar-refractivity contribution in [1.29, 1.82) is 0 Å². The van der Waals surface area contributed by atoms with Crippen LogP contribution in [0.15, 0.2) is 59.4 Å². The number of halogens is 2. The second-order valence-electron chi connectivity index (χ2n) is 8.14. The Bertz CT molecular complexity index is 1750. The van der Waals surface area contributed by atoms with Crippen LogP contribution in [-0.2, 0) is 7.05 Å². The van der Waals surface area contributed by atoms with E-state index in [1.807, 2.05) is 0 Å². The molecule has 2 heterocycles. The van der Waals surface area contributed by atoms with Crippen LogP contribution in [0.5, 0.6) is 0 Å². The van der Waals surface area contributed by atoms with Crippen LogP contribution in [0.3, 0.4) is 0 Å². The summed E-state index contributed by atoms with van der Waals surface area (Å²) in [6.45, 7) is 1.78. The number of allylic oxidation sites excluding steroid dienone is 1. The zero-order valence-corrected chi connectivity index (χ0v) is 20.6. The fraction of sp³-hybridized carbons (Fsp3) is 0.0800. The van der Waals surface area contributed by atoms with Gasteiger partial charge < -0.3 is 14.9 Å². The number of nitrogens with one attached hydrogen (secondary N) is 2. The van der Waals surface area contributed by atoms with Crippen molar-refractivity contribution in [2.24, 2.45) is 7.05 Å². The van der Waals surface area contributed by atoms with Gasteiger partial charge in [0.2, 0.25) is 5.95 Å². The van der Waals surface area contributed by atoms with Crippen LogP contribution in [0, 0.1) is 10.1 Å². The maximum atomic E-state index is 13.2. The van der Waals surface area contributed by atoms with Crippen molar-refractivity contribution >= 4 is 74.1 Å². The average Bonchev–Trinajstić information content (AvgIpc) is 3.16. The summed E-state index contributed by atoms with van der Waals surface area (Å²) in [5.41, 5.74) is 3.11. The van der Waals surface area contributed by atoms with E-state index in [2.05, 4.69) is 20.3 Å². The van der Waals surface area contributed by atoms with Crippen molar-refractivity contribution in [3.05, 3.63) is 96.5 Å². The van der Waals surface area contributed by atoms with Crippen LogP contribution in [0.1, 0.15) is 18.3 Å². The number of imidazole rings is 1. The molecule has 0 atom stereocenters. The quantitative estimate of drug-likeness (QED) is 0.206. The SMILES string of the molecule is C/C(=C\c1cccc([N+](=O)[O-])c1)c1nc2ccc3nc(Nc4c(Cl)cccc4Cl)n(C)c3c2c(=O)[nH]1. The fourth-order valence-electron chi connectivity index (χ4n) is 4.00. The highest BCUT2D eigenvalue weighted by Crippen LogP contribution is 2.34. The third-order valence-corrected chi connectivity index (χ3v) is 6.37. The number of aromatic nitrogens is 4. The first kappa shape index (κ1) is 23.5. The van der Waals surface area contributed by atoms with Gasteiger partial charge in [-0.1, -0.05) is 41.4 Å². The smallest absolute Gasteiger partial charge is 0.270 e. The first-order valence-corrected chi connectivity index (χ1v) is 11.5. The maximum Gasteiger partial charge on any atom is 0.270 e. The van der Waals surface area contributed by atoms with Gasteiger partial charge in [-0.2, -0.15) is 0 Å². The standard InChI is InChI=1S/C25H18Cl2N6O3/c1-13(11-14-5-3-6-15(12-14)33(35)36)23-28-18-9-10-19-22(20(18)24(34)31-23)32(2)25(29-19)30-21-16(26)7-4-8-17(21)27/h3-12H,1-2H3,(H,29,30)(H,28,31,34)/b13-11+. The number of hydrogen-bond acceptors (Lipinski definition) is 6. The molecule has 0 spiro atoms. The number of nitrogens with zero attached hydrogens (tertiary/aromatic N) is 4. The van der Waals surface area contributed by atoms with E-state index >= 15 is 0 Å². The van der Waals surface area contributed by atoms with E-state index in [9.17, 15) is 14.9 Å². The highest BCUT2D eigenvalue weighted by molar-refractivity contribution is 6.39. The van der Waals surface area contributed by atoms with E-state index in [1.165, 1.54) is 12.1 Å². The first-order valence-electron chi connectivity index (χ1n) is 10.8. The van der Waals surface area contributed by atoms with Crippen molar-refractivity contribution in [1.82, 2.24) is 19.5 Å². The predicted molar refractivity (Wildman–Crippen MR) is 143 cm³/mol. The van der Waals surface area contributed by atoms with E-state index in [1.54, 1.807) is 67.1 Å². The number of aryl methyl sites for hydroxylation is 1. The normalized spacial score (nSPS) is 11.8. The highest BCUT2D eigenvalue weighted by atomic mass is 35.5. The van der Waals surface area contributed by atoms with Gasteiger partial charge in [-0.15, -0.1) is 0 Å². The van der Waals surface area contributed by atoms with Crippen LogP contribution in [-0.4, -0.2) is 24.4 Å². The minimum Gasteiger partial charge on any atom is -0.323 e. The van der Waals surface area contributed by atoms with E-state index in [4.69, 9.17) is 23.2 Å². The predicted octanol–water partition coefficient (Wildman–Crippen LogP) is 6.33. The summed E-state index contributed by atoms with van der Waals surface area (Å²) in [6.07, 6.45) is 1.73. The number of anilines is 2. The Morgan fingerprint density at radius 2 is 1.78 bits per heavy atom. The molecule has 2 aromatic heterocycles. The molecule has 2 N–H and O–H groups in total. The number of non-ortho nitro benzene ring substituents is 1. The van der Waals surface area contributed by atoms with Crippen molar-refractivity contribution in [3.8, 4) is 0 Å². The van der Waals surface area contributed by atoms with Crippen molar-refractivity contribution in [2.75, 3.05) is 5.32 Å². The number of benzene rings is 3. The zero-order valence-electron chi connectivity index (χ0n) is 19.0. The number of para-hydroxylation sites is 1. The summed E-state index contributed by atoms with van der Waals surface area (Å²) in [7, 11) is 1.78. The molecule has 0 saturated carbocycles. The van der Waals surface area contributed by atoms with Gasteiger partial charge in [0.1, 0.15) is 5.82 Å². The Balaban J connectivity index is 1.59. The third-order valence-electron chi connectivity index (χ3n) is 5.74. The number of nitro benzene ring substituents is 1. The second-order valence-corrected chi connectivity index (χ2v) is 8.95. The number of hydrogen-bond donors (Lipinski definition) is 2. The third kappa shape index (κ3) is 4.19. The number of nitro groups is 1. The molecule has 11 heteroatoms. The van der Waals surface area contributed by atoms with Gasteiger partial charge in [0.15, 0.2) is 0 Å².